The summed E-state index contributed by atoms with van der Waals surface area (Å²) in [6.45, 7) is 5.00. The molecule has 0 unspecified atom stereocenters. The summed E-state index contributed by atoms with van der Waals surface area (Å²) in [4.78, 5) is 4.88. The van der Waals surface area contributed by atoms with Crippen molar-refractivity contribution in [2.75, 3.05) is 42.3 Å². The van der Waals surface area contributed by atoms with Gasteiger partial charge in [-0.2, -0.15) is 4.37 Å². The second-order valence-electron chi connectivity index (χ2n) is 7.82. The number of nitrogens with zero attached hydrogens (tertiary/aromatic N) is 3. The minimum absolute atomic E-state index is 0.325. The Labute approximate surface area is 196 Å². The van der Waals surface area contributed by atoms with Gasteiger partial charge in [0.15, 0.2) is 0 Å². The third-order valence-electron chi connectivity index (χ3n) is 5.71. The maximum absolute atomic E-state index is 12.3. The van der Waals surface area contributed by atoms with Crippen LogP contribution in [0.5, 0.6) is 0 Å². The van der Waals surface area contributed by atoms with Crippen LogP contribution in [0.4, 0.5) is 11.5 Å². The van der Waals surface area contributed by atoms with Gasteiger partial charge in [-0.1, -0.05) is 30.3 Å². The largest absolute Gasteiger partial charge is 0.353 e. The van der Waals surface area contributed by atoms with E-state index >= 15 is 0 Å². The van der Waals surface area contributed by atoms with Gasteiger partial charge in [0.1, 0.15) is 10.0 Å². The number of aromatic nitrogens is 1. The van der Waals surface area contributed by atoms with Gasteiger partial charge < -0.3 is 4.90 Å². The minimum atomic E-state index is -3.50. The molecule has 0 spiro atoms. The van der Waals surface area contributed by atoms with Crippen LogP contribution >= 0.6 is 22.9 Å². The molecular weight excluding hydrogens is 460 g/mol. The van der Waals surface area contributed by atoms with Crippen LogP contribution in [-0.2, 0) is 16.4 Å². The summed E-state index contributed by atoms with van der Waals surface area (Å²) in [5.74, 6) is 1.12. The van der Waals surface area contributed by atoms with Crippen LogP contribution in [0.2, 0.25) is 0 Å². The maximum atomic E-state index is 12.3. The van der Waals surface area contributed by atoms with Gasteiger partial charge in [-0.25, -0.2) is 8.42 Å². The first-order chi connectivity index (χ1) is 15.6. The quantitative estimate of drug-likeness (QED) is 0.418. The van der Waals surface area contributed by atoms with Crippen LogP contribution in [0.3, 0.4) is 0 Å². The Balaban J connectivity index is 1.13. The zero-order chi connectivity index (χ0) is 22.0. The molecule has 0 amide bonds. The third kappa shape index (κ3) is 4.66. The fourth-order valence-electron chi connectivity index (χ4n) is 3.93. The first-order valence-corrected chi connectivity index (χ1v) is 13.7. The molecule has 5 rings (SSSR count). The van der Waals surface area contributed by atoms with Gasteiger partial charge in [0.2, 0.25) is 0 Å². The fourth-order valence-corrected chi connectivity index (χ4v) is 6.78. The van der Waals surface area contributed by atoms with Crippen LogP contribution in [0.15, 0.2) is 70.3 Å². The van der Waals surface area contributed by atoms with E-state index in [1.807, 2.05) is 24.3 Å². The van der Waals surface area contributed by atoms with E-state index in [4.69, 9.17) is 0 Å². The molecule has 1 saturated heterocycles. The normalized spacial score (nSPS) is 15.3. The Bertz CT molecular complexity index is 1280. The monoisotopic (exact) mass is 484 g/mol. The number of thiophene rings is 1. The Kier molecular flexibility index (Phi) is 6.14. The van der Waals surface area contributed by atoms with Crippen molar-refractivity contribution < 1.29 is 8.42 Å². The molecule has 0 atom stereocenters. The number of piperazine rings is 1. The Morgan fingerprint density at radius 1 is 0.938 bits per heavy atom. The zero-order valence-electron chi connectivity index (χ0n) is 17.5. The average Bonchev–Trinajstić information content (AvgIpc) is 3.50. The van der Waals surface area contributed by atoms with Gasteiger partial charge in [0, 0.05) is 43.8 Å². The number of hydrogen-bond donors (Lipinski definition) is 1. The van der Waals surface area contributed by atoms with Gasteiger partial charge in [-0.3, -0.25) is 9.62 Å². The van der Waals surface area contributed by atoms with E-state index in [2.05, 4.69) is 43.2 Å². The molecule has 9 heteroatoms. The van der Waals surface area contributed by atoms with Crippen LogP contribution in [0.25, 0.3) is 10.1 Å². The average molecular weight is 485 g/mol. The molecule has 0 aliphatic carbocycles. The van der Waals surface area contributed by atoms with Crippen molar-refractivity contribution >= 4 is 54.5 Å². The minimum Gasteiger partial charge on any atom is -0.353 e. The summed E-state index contributed by atoms with van der Waals surface area (Å²) < 4.78 is 33.6. The number of sulfonamides is 1. The summed E-state index contributed by atoms with van der Waals surface area (Å²) in [5, 5.41) is 3.01. The molecule has 3 heterocycles. The molecule has 0 saturated carbocycles. The smallest absolute Gasteiger partial charge is 0.271 e. The number of nitrogens with one attached hydrogen (secondary N) is 1. The highest BCUT2D eigenvalue weighted by atomic mass is 32.2. The second kappa shape index (κ2) is 9.19. The van der Waals surface area contributed by atoms with Crippen molar-refractivity contribution in [3.63, 3.8) is 0 Å². The van der Waals surface area contributed by atoms with E-state index in [-0.39, 0.29) is 0 Å². The number of benzene rings is 2. The number of anilines is 2. The fraction of sp³-hybridized carbons (Fsp3) is 0.261. The molecule has 1 aliphatic heterocycles. The van der Waals surface area contributed by atoms with Gasteiger partial charge in [0.25, 0.3) is 10.0 Å². The van der Waals surface area contributed by atoms with Crippen molar-refractivity contribution in [1.82, 2.24) is 9.27 Å². The Morgan fingerprint density at radius 2 is 1.72 bits per heavy atom. The van der Waals surface area contributed by atoms with Gasteiger partial charge >= 0.3 is 0 Å². The van der Waals surface area contributed by atoms with Crippen molar-refractivity contribution in [3.8, 4) is 0 Å². The molecule has 2 aromatic carbocycles. The van der Waals surface area contributed by atoms with Crippen molar-refractivity contribution in [1.29, 1.82) is 0 Å². The molecule has 166 valence electrons. The van der Waals surface area contributed by atoms with Gasteiger partial charge in [0.05, 0.1) is 4.70 Å². The maximum Gasteiger partial charge on any atom is 0.271 e. The van der Waals surface area contributed by atoms with E-state index in [9.17, 15) is 8.42 Å². The SMILES string of the molecule is O=S(=O)(Nc1ccc(CCN2CCN(c3nsc4ccccc34)CC2)cc1)c1cccs1. The third-order valence-corrected chi connectivity index (χ3v) is 9.31. The van der Waals surface area contributed by atoms with E-state index in [1.54, 1.807) is 29.0 Å². The molecule has 1 N–H and O–H groups in total. The number of hydrogen-bond acceptors (Lipinski definition) is 7. The lowest BCUT2D eigenvalue weighted by Crippen LogP contribution is -2.47. The predicted molar refractivity (Wildman–Crippen MR) is 134 cm³/mol. The Hall–Kier alpha value is -2.46. The molecular formula is C23H24N4O2S3. The highest BCUT2D eigenvalue weighted by Gasteiger charge is 2.20. The molecule has 1 fully saturated rings. The van der Waals surface area contributed by atoms with Gasteiger partial charge in [-0.05, 0) is 59.2 Å². The predicted octanol–water partition coefficient (Wildman–Crippen LogP) is 4.52. The molecule has 0 bridgehead atoms. The molecule has 1 aliphatic rings. The molecule has 6 nitrogen and oxygen atoms in total. The van der Waals surface area contributed by atoms with E-state index in [1.165, 1.54) is 27.0 Å². The lowest BCUT2D eigenvalue weighted by Gasteiger charge is -2.35. The highest BCUT2D eigenvalue weighted by molar-refractivity contribution is 7.94. The topological polar surface area (TPSA) is 65.5 Å². The van der Waals surface area contributed by atoms with E-state index in [0.717, 1.165) is 45.0 Å². The molecule has 0 radical (unpaired) electrons. The zero-order valence-corrected chi connectivity index (χ0v) is 19.9. The molecule has 4 aromatic rings. The van der Waals surface area contributed by atoms with Crippen molar-refractivity contribution in [2.24, 2.45) is 0 Å². The van der Waals surface area contributed by atoms with Crippen LogP contribution in [0, 0.1) is 0 Å². The first-order valence-electron chi connectivity index (χ1n) is 10.6. The highest BCUT2D eigenvalue weighted by Crippen LogP contribution is 2.29. The molecule has 32 heavy (non-hydrogen) atoms. The van der Waals surface area contributed by atoms with E-state index in [0.29, 0.717) is 9.90 Å². The van der Waals surface area contributed by atoms with Crippen molar-refractivity contribution in [3.05, 3.63) is 71.6 Å². The number of rotatable bonds is 7. The van der Waals surface area contributed by atoms with Crippen LogP contribution < -0.4 is 9.62 Å². The second-order valence-corrected chi connectivity index (χ2v) is 11.5. The van der Waals surface area contributed by atoms with Crippen molar-refractivity contribution in [2.45, 2.75) is 10.6 Å². The lowest BCUT2D eigenvalue weighted by molar-refractivity contribution is 0.261. The first kappa shape index (κ1) is 21.4. The van der Waals surface area contributed by atoms with E-state index < -0.39 is 10.0 Å². The molecule has 2 aromatic heterocycles. The summed E-state index contributed by atoms with van der Waals surface area (Å²) in [7, 11) is -3.50. The van der Waals surface area contributed by atoms with Crippen LogP contribution in [0.1, 0.15) is 5.56 Å². The summed E-state index contributed by atoms with van der Waals surface area (Å²) in [6, 6.07) is 19.5. The lowest BCUT2D eigenvalue weighted by atomic mass is 10.1. The van der Waals surface area contributed by atoms with Gasteiger partial charge in [-0.15, -0.1) is 11.3 Å². The Morgan fingerprint density at radius 3 is 2.47 bits per heavy atom. The standard InChI is InChI=1S/C23H24N4O2S3/c28-32(29,22-6-3-17-30-22)25-19-9-7-18(8-10-19)11-12-26-13-15-27(16-14-26)23-20-4-1-2-5-21(20)31-24-23/h1-10,17,25H,11-16H2. The summed E-state index contributed by atoms with van der Waals surface area (Å²) in [5.41, 5.74) is 1.79. The van der Waals surface area contributed by atoms with Crippen LogP contribution in [-0.4, -0.2) is 50.4 Å². The number of fused-ring (bicyclic) bond motifs is 1. The summed E-state index contributed by atoms with van der Waals surface area (Å²) in [6.07, 6.45) is 0.942. The summed E-state index contributed by atoms with van der Waals surface area (Å²) >= 11 is 2.78.